The average molecular weight is 276 g/mol. The van der Waals surface area contributed by atoms with Crippen LogP contribution in [0, 0.1) is 0 Å². The summed E-state index contributed by atoms with van der Waals surface area (Å²) in [5.41, 5.74) is 0. The van der Waals surface area contributed by atoms with Crippen LogP contribution in [-0.2, 0) is 4.79 Å². The van der Waals surface area contributed by atoms with Gasteiger partial charge in [-0.2, -0.15) is 0 Å². The second kappa shape index (κ2) is 7.72. The minimum Gasteiger partial charge on any atom is -0.370 e. The Balaban J connectivity index is 1.63. The van der Waals surface area contributed by atoms with Crippen molar-refractivity contribution in [2.45, 2.75) is 45.1 Å². The number of nitrogens with zero attached hydrogens (tertiary/aromatic N) is 1. The van der Waals surface area contributed by atoms with E-state index in [1.54, 1.807) is 0 Å². The van der Waals surface area contributed by atoms with E-state index in [9.17, 15) is 4.79 Å². The molecule has 1 heterocycles. The van der Waals surface area contributed by atoms with E-state index >= 15 is 0 Å². The summed E-state index contributed by atoms with van der Waals surface area (Å²) >= 11 is 0. The molecule has 1 saturated carbocycles. The van der Waals surface area contributed by atoms with Gasteiger partial charge in [-0.3, -0.25) is 4.79 Å². The average Bonchev–Trinajstić information content (AvgIpc) is 3.26. The van der Waals surface area contributed by atoms with Crippen LogP contribution in [-0.4, -0.2) is 30.0 Å². The van der Waals surface area contributed by atoms with Crippen molar-refractivity contribution >= 4 is 17.5 Å². The van der Waals surface area contributed by atoms with E-state index in [4.69, 9.17) is 0 Å². The molecule has 1 fully saturated rings. The van der Waals surface area contributed by atoms with Gasteiger partial charge in [0.05, 0.1) is 0 Å². The number of amides is 1. The van der Waals surface area contributed by atoms with Crippen LogP contribution < -0.4 is 16.0 Å². The van der Waals surface area contributed by atoms with Gasteiger partial charge in [-0.1, -0.05) is 13.0 Å². The number of hydrogen-bond acceptors (Lipinski definition) is 4. The first-order valence-electron chi connectivity index (χ1n) is 7.52. The van der Waals surface area contributed by atoms with Crippen LogP contribution in [0.3, 0.4) is 0 Å². The van der Waals surface area contributed by atoms with Crippen molar-refractivity contribution in [3.63, 3.8) is 0 Å². The molecule has 0 radical (unpaired) electrons. The number of carbonyl (C=O) groups is 1. The number of rotatable bonds is 9. The summed E-state index contributed by atoms with van der Waals surface area (Å²) in [6, 6.07) is 6.34. The van der Waals surface area contributed by atoms with Gasteiger partial charge in [-0.25, -0.2) is 4.98 Å². The Morgan fingerprint density at radius 3 is 2.60 bits per heavy atom. The van der Waals surface area contributed by atoms with Gasteiger partial charge < -0.3 is 16.0 Å². The molecule has 3 N–H and O–H groups in total. The van der Waals surface area contributed by atoms with Crippen LogP contribution in [0.4, 0.5) is 11.6 Å². The van der Waals surface area contributed by atoms with Crippen LogP contribution in [0.2, 0.25) is 0 Å². The molecule has 1 aromatic heterocycles. The van der Waals surface area contributed by atoms with Crippen molar-refractivity contribution < 1.29 is 4.79 Å². The third kappa shape index (κ3) is 5.47. The van der Waals surface area contributed by atoms with E-state index < -0.39 is 0 Å². The Labute approximate surface area is 120 Å². The van der Waals surface area contributed by atoms with E-state index in [2.05, 4.69) is 27.9 Å². The van der Waals surface area contributed by atoms with Gasteiger partial charge in [-0.05, 0) is 37.8 Å². The quantitative estimate of drug-likeness (QED) is 0.606. The number of hydrogen-bond donors (Lipinski definition) is 3. The standard InChI is InChI=1S/C15H24N4O/c1-2-10-16-13-5-3-6-14(19-13)17-11-4-7-15(20)18-12-8-9-12/h3,5-6,12H,2,4,7-11H2,1H3,(H,18,20)(H2,16,17,19). The fraction of sp³-hybridized carbons (Fsp3) is 0.600. The highest BCUT2D eigenvalue weighted by molar-refractivity contribution is 5.76. The zero-order chi connectivity index (χ0) is 14.2. The Morgan fingerprint density at radius 1 is 1.25 bits per heavy atom. The van der Waals surface area contributed by atoms with E-state index in [1.807, 2.05) is 18.2 Å². The van der Waals surface area contributed by atoms with E-state index in [0.29, 0.717) is 12.5 Å². The van der Waals surface area contributed by atoms with Crippen molar-refractivity contribution in [1.82, 2.24) is 10.3 Å². The lowest BCUT2D eigenvalue weighted by Crippen LogP contribution is -2.25. The molecule has 1 aliphatic rings. The first kappa shape index (κ1) is 14.6. The number of nitrogens with one attached hydrogen (secondary N) is 3. The van der Waals surface area contributed by atoms with Gasteiger partial charge in [0, 0.05) is 25.6 Å². The Hall–Kier alpha value is -1.78. The number of anilines is 2. The first-order chi connectivity index (χ1) is 9.78. The van der Waals surface area contributed by atoms with Crippen molar-refractivity contribution in [1.29, 1.82) is 0 Å². The molecule has 0 bridgehead atoms. The fourth-order valence-electron chi connectivity index (χ4n) is 1.88. The zero-order valence-corrected chi connectivity index (χ0v) is 12.1. The second-order valence-electron chi connectivity index (χ2n) is 5.21. The Bertz CT molecular complexity index is 432. The van der Waals surface area contributed by atoms with Gasteiger partial charge in [0.15, 0.2) is 0 Å². The van der Waals surface area contributed by atoms with E-state index in [0.717, 1.165) is 50.4 Å². The lowest BCUT2D eigenvalue weighted by atomic mass is 10.3. The molecular weight excluding hydrogens is 252 g/mol. The predicted octanol–water partition coefficient (Wildman–Crippen LogP) is 2.37. The molecule has 1 aromatic rings. The Morgan fingerprint density at radius 2 is 1.95 bits per heavy atom. The van der Waals surface area contributed by atoms with Gasteiger partial charge in [-0.15, -0.1) is 0 Å². The molecule has 0 saturated heterocycles. The summed E-state index contributed by atoms with van der Waals surface area (Å²) < 4.78 is 0. The highest BCUT2D eigenvalue weighted by atomic mass is 16.1. The highest BCUT2D eigenvalue weighted by Gasteiger charge is 2.22. The molecule has 0 aromatic carbocycles. The van der Waals surface area contributed by atoms with Crippen molar-refractivity contribution in [2.75, 3.05) is 23.7 Å². The molecule has 5 nitrogen and oxygen atoms in total. The molecule has 20 heavy (non-hydrogen) atoms. The molecule has 0 unspecified atom stereocenters. The molecule has 1 aliphatic carbocycles. The molecule has 0 aliphatic heterocycles. The third-order valence-corrected chi connectivity index (χ3v) is 3.13. The smallest absolute Gasteiger partial charge is 0.220 e. The van der Waals surface area contributed by atoms with Crippen molar-refractivity contribution in [3.8, 4) is 0 Å². The molecule has 110 valence electrons. The summed E-state index contributed by atoms with van der Waals surface area (Å²) in [6.07, 6.45) is 4.77. The molecule has 0 atom stereocenters. The summed E-state index contributed by atoms with van der Waals surface area (Å²) in [6.45, 7) is 3.82. The maximum Gasteiger partial charge on any atom is 0.220 e. The normalized spacial score (nSPS) is 13.8. The largest absolute Gasteiger partial charge is 0.370 e. The maximum absolute atomic E-state index is 11.5. The summed E-state index contributed by atoms with van der Waals surface area (Å²) in [5.74, 6) is 1.91. The second-order valence-corrected chi connectivity index (χ2v) is 5.21. The summed E-state index contributed by atoms with van der Waals surface area (Å²) in [4.78, 5) is 16.0. The van der Waals surface area contributed by atoms with Crippen molar-refractivity contribution in [2.24, 2.45) is 0 Å². The SMILES string of the molecule is CCCNc1cccc(NCCCC(=O)NC2CC2)n1. The molecule has 2 rings (SSSR count). The Kier molecular flexibility index (Phi) is 5.65. The van der Waals surface area contributed by atoms with E-state index in [1.165, 1.54) is 0 Å². The minimum absolute atomic E-state index is 0.167. The predicted molar refractivity (Wildman–Crippen MR) is 81.9 cm³/mol. The third-order valence-electron chi connectivity index (χ3n) is 3.13. The maximum atomic E-state index is 11.5. The van der Waals surface area contributed by atoms with Crippen molar-refractivity contribution in [3.05, 3.63) is 18.2 Å². The fourth-order valence-corrected chi connectivity index (χ4v) is 1.88. The van der Waals surface area contributed by atoms with Gasteiger partial charge >= 0.3 is 0 Å². The monoisotopic (exact) mass is 276 g/mol. The topological polar surface area (TPSA) is 66.0 Å². The van der Waals surface area contributed by atoms with E-state index in [-0.39, 0.29) is 5.91 Å². The van der Waals surface area contributed by atoms with Crippen LogP contribution in [0.5, 0.6) is 0 Å². The number of aromatic nitrogens is 1. The summed E-state index contributed by atoms with van der Waals surface area (Å²) in [5, 5.41) is 9.50. The molecule has 1 amide bonds. The molecule has 5 heteroatoms. The highest BCUT2D eigenvalue weighted by Crippen LogP contribution is 2.18. The van der Waals surface area contributed by atoms with Crippen LogP contribution in [0.1, 0.15) is 39.0 Å². The van der Waals surface area contributed by atoms with Gasteiger partial charge in [0.1, 0.15) is 11.6 Å². The van der Waals surface area contributed by atoms with Gasteiger partial charge in [0.2, 0.25) is 5.91 Å². The number of carbonyl (C=O) groups excluding carboxylic acids is 1. The summed E-state index contributed by atoms with van der Waals surface area (Å²) in [7, 11) is 0. The van der Waals surface area contributed by atoms with Gasteiger partial charge in [0.25, 0.3) is 0 Å². The molecular formula is C15H24N4O. The lowest BCUT2D eigenvalue weighted by Gasteiger charge is -2.08. The van der Waals surface area contributed by atoms with Crippen LogP contribution in [0.15, 0.2) is 18.2 Å². The first-order valence-corrected chi connectivity index (χ1v) is 7.52. The number of pyridine rings is 1. The van der Waals surface area contributed by atoms with Crippen LogP contribution in [0.25, 0.3) is 0 Å². The lowest BCUT2D eigenvalue weighted by molar-refractivity contribution is -0.121. The van der Waals surface area contributed by atoms with Crippen LogP contribution >= 0.6 is 0 Å². The molecule has 0 spiro atoms. The zero-order valence-electron chi connectivity index (χ0n) is 12.1. The minimum atomic E-state index is 0.167.